The minimum Gasteiger partial charge on any atom is -0.478 e. The molecule has 1 aliphatic carbocycles. The zero-order valence-electron chi connectivity index (χ0n) is 9.99. The molecule has 0 bridgehead atoms. The lowest BCUT2D eigenvalue weighted by Gasteiger charge is -2.15. The number of aryl methyl sites for hydroxylation is 1. The Morgan fingerprint density at radius 1 is 1.59 bits per heavy atom. The van der Waals surface area contributed by atoms with Crippen LogP contribution in [0.3, 0.4) is 0 Å². The molecule has 1 aliphatic rings. The molecule has 5 heteroatoms. The van der Waals surface area contributed by atoms with Crippen LogP contribution in [-0.4, -0.2) is 33.6 Å². The number of carboxylic acids is 1. The van der Waals surface area contributed by atoms with E-state index in [9.17, 15) is 4.79 Å². The Balaban J connectivity index is 2.13. The molecule has 1 saturated carbocycles. The third-order valence-corrected chi connectivity index (χ3v) is 4.50. The number of hydrogen-bond acceptors (Lipinski definition) is 4. The number of rotatable bonds is 5. The van der Waals surface area contributed by atoms with Crippen molar-refractivity contribution in [3.63, 3.8) is 0 Å². The lowest BCUT2D eigenvalue weighted by Crippen LogP contribution is -2.20. The molecule has 2 N–H and O–H groups in total. The van der Waals surface area contributed by atoms with Crippen LogP contribution in [0.25, 0.3) is 0 Å². The van der Waals surface area contributed by atoms with Gasteiger partial charge in [0.2, 0.25) is 0 Å². The molecule has 4 nitrogen and oxygen atoms in total. The summed E-state index contributed by atoms with van der Waals surface area (Å²) in [4.78, 5) is 15.3. The fraction of sp³-hybridized carbons (Fsp3) is 0.500. The summed E-state index contributed by atoms with van der Waals surface area (Å²) in [6, 6.07) is 3.32. The summed E-state index contributed by atoms with van der Waals surface area (Å²) >= 11 is 1.84. The van der Waals surface area contributed by atoms with E-state index < -0.39 is 5.97 Å². The molecular weight excluding hydrogens is 236 g/mol. The van der Waals surface area contributed by atoms with Crippen LogP contribution >= 0.6 is 11.8 Å². The van der Waals surface area contributed by atoms with Crippen LogP contribution < -0.4 is 5.32 Å². The minimum atomic E-state index is -0.936. The highest BCUT2D eigenvalue weighted by atomic mass is 32.2. The number of thioether (sulfide) groups is 1. The van der Waals surface area contributed by atoms with E-state index in [1.54, 1.807) is 12.1 Å². The van der Waals surface area contributed by atoms with Gasteiger partial charge in [-0.2, -0.15) is 11.8 Å². The molecule has 0 radical (unpaired) electrons. The molecule has 1 aromatic heterocycles. The largest absolute Gasteiger partial charge is 0.478 e. The molecule has 17 heavy (non-hydrogen) atoms. The molecule has 1 aromatic rings. The van der Waals surface area contributed by atoms with E-state index in [2.05, 4.69) is 16.6 Å². The molecule has 0 saturated heterocycles. The SMILES string of the molecule is CSC1(CNc2nc(C)ccc2C(=O)O)CC1. The van der Waals surface area contributed by atoms with Crippen molar-refractivity contribution in [2.24, 2.45) is 0 Å². The Bertz CT molecular complexity index is 444. The van der Waals surface area contributed by atoms with Gasteiger partial charge < -0.3 is 10.4 Å². The molecular formula is C12H16N2O2S. The van der Waals surface area contributed by atoms with E-state index in [4.69, 9.17) is 5.11 Å². The average Bonchev–Trinajstić information content (AvgIpc) is 3.07. The highest BCUT2D eigenvalue weighted by molar-refractivity contribution is 8.00. The quantitative estimate of drug-likeness (QED) is 0.842. The highest BCUT2D eigenvalue weighted by Gasteiger charge is 2.41. The second kappa shape index (κ2) is 4.56. The molecule has 92 valence electrons. The summed E-state index contributed by atoms with van der Waals surface area (Å²) in [7, 11) is 0. The second-order valence-corrected chi connectivity index (χ2v) is 5.67. The number of carboxylic acid groups (broad SMARTS) is 1. The van der Waals surface area contributed by atoms with Crippen molar-refractivity contribution in [3.8, 4) is 0 Å². The molecule has 1 heterocycles. The van der Waals surface area contributed by atoms with E-state index in [1.807, 2.05) is 18.7 Å². The van der Waals surface area contributed by atoms with Crippen molar-refractivity contribution in [3.05, 3.63) is 23.4 Å². The summed E-state index contributed by atoms with van der Waals surface area (Å²) in [6.07, 6.45) is 4.47. The maximum absolute atomic E-state index is 11.1. The van der Waals surface area contributed by atoms with E-state index in [0.29, 0.717) is 10.6 Å². The number of anilines is 1. The molecule has 0 amide bonds. The van der Waals surface area contributed by atoms with Gasteiger partial charge in [0, 0.05) is 17.0 Å². The van der Waals surface area contributed by atoms with Gasteiger partial charge in [-0.1, -0.05) is 0 Å². The Hall–Kier alpha value is -1.23. The number of nitrogens with one attached hydrogen (secondary N) is 1. The zero-order valence-corrected chi connectivity index (χ0v) is 10.8. The number of carbonyl (C=O) groups is 1. The molecule has 0 atom stereocenters. The van der Waals surface area contributed by atoms with Gasteiger partial charge in [-0.15, -0.1) is 0 Å². The van der Waals surface area contributed by atoms with E-state index >= 15 is 0 Å². The summed E-state index contributed by atoms with van der Waals surface area (Å²) in [5, 5.41) is 12.2. The lowest BCUT2D eigenvalue weighted by atomic mass is 10.2. The standard InChI is InChI=1S/C12H16N2O2S/c1-8-3-4-9(11(15)16)10(14-8)13-7-12(17-2)5-6-12/h3-4H,5-7H2,1-2H3,(H,13,14)(H,15,16). The minimum absolute atomic E-state index is 0.243. The van der Waals surface area contributed by atoms with Gasteiger partial charge in [0.05, 0.1) is 0 Å². The van der Waals surface area contributed by atoms with Gasteiger partial charge >= 0.3 is 5.97 Å². The monoisotopic (exact) mass is 252 g/mol. The van der Waals surface area contributed by atoms with Crippen molar-refractivity contribution >= 4 is 23.5 Å². The summed E-state index contributed by atoms with van der Waals surface area (Å²) < 4.78 is 0.293. The fourth-order valence-corrected chi connectivity index (χ4v) is 2.43. The topological polar surface area (TPSA) is 62.2 Å². The van der Waals surface area contributed by atoms with Gasteiger partial charge in [0.1, 0.15) is 11.4 Å². The first-order valence-electron chi connectivity index (χ1n) is 5.56. The van der Waals surface area contributed by atoms with Gasteiger partial charge in [0.25, 0.3) is 0 Å². The number of pyridine rings is 1. The van der Waals surface area contributed by atoms with Crippen molar-refractivity contribution in [1.82, 2.24) is 4.98 Å². The van der Waals surface area contributed by atoms with Crippen LogP contribution in [0.15, 0.2) is 12.1 Å². The fourth-order valence-electron chi connectivity index (χ4n) is 1.70. The maximum atomic E-state index is 11.1. The number of nitrogens with zero attached hydrogens (tertiary/aromatic N) is 1. The third kappa shape index (κ3) is 2.72. The first-order valence-corrected chi connectivity index (χ1v) is 6.79. The molecule has 0 unspecified atom stereocenters. The molecule has 0 spiro atoms. The third-order valence-electron chi connectivity index (χ3n) is 3.08. The van der Waals surface area contributed by atoms with Crippen LogP contribution in [0.4, 0.5) is 5.82 Å². The van der Waals surface area contributed by atoms with E-state index in [-0.39, 0.29) is 5.56 Å². The van der Waals surface area contributed by atoms with Crippen molar-refractivity contribution in [1.29, 1.82) is 0 Å². The van der Waals surface area contributed by atoms with Crippen molar-refractivity contribution in [2.45, 2.75) is 24.5 Å². The van der Waals surface area contributed by atoms with Crippen molar-refractivity contribution < 1.29 is 9.90 Å². The van der Waals surface area contributed by atoms with Crippen LogP contribution in [0.1, 0.15) is 28.9 Å². The Kier molecular flexibility index (Phi) is 3.28. The number of aromatic carboxylic acids is 1. The van der Waals surface area contributed by atoms with Crippen LogP contribution in [0.5, 0.6) is 0 Å². The predicted octanol–water partition coefficient (Wildman–Crippen LogP) is 2.40. The van der Waals surface area contributed by atoms with E-state index in [0.717, 1.165) is 12.2 Å². The number of aromatic nitrogens is 1. The Morgan fingerprint density at radius 2 is 2.29 bits per heavy atom. The smallest absolute Gasteiger partial charge is 0.339 e. The average molecular weight is 252 g/mol. The summed E-state index contributed by atoms with van der Waals surface area (Å²) in [6.45, 7) is 2.64. The lowest BCUT2D eigenvalue weighted by molar-refractivity contribution is 0.0697. The van der Waals surface area contributed by atoms with Crippen molar-refractivity contribution in [2.75, 3.05) is 18.1 Å². The summed E-state index contributed by atoms with van der Waals surface area (Å²) in [5.41, 5.74) is 1.07. The van der Waals surface area contributed by atoms with Crippen LogP contribution in [0, 0.1) is 6.92 Å². The first-order chi connectivity index (χ1) is 8.06. The highest BCUT2D eigenvalue weighted by Crippen LogP contribution is 2.47. The predicted molar refractivity (Wildman–Crippen MR) is 69.9 cm³/mol. The maximum Gasteiger partial charge on any atom is 0.339 e. The van der Waals surface area contributed by atoms with E-state index in [1.165, 1.54) is 12.8 Å². The number of hydrogen-bond donors (Lipinski definition) is 2. The molecule has 1 fully saturated rings. The van der Waals surface area contributed by atoms with Crippen LogP contribution in [0.2, 0.25) is 0 Å². The van der Waals surface area contributed by atoms with Gasteiger partial charge in [-0.05, 0) is 38.2 Å². The second-order valence-electron chi connectivity index (χ2n) is 4.39. The zero-order chi connectivity index (χ0) is 12.5. The summed E-state index contributed by atoms with van der Waals surface area (Å²) in [5.74, 6) is -0.452. The van der Waals surface area contributed by atoms with Crippen LogP contribution in [-0.2, 0) is 0 Å². The first kappa shape index (κ1) is 12.2. The van der Waals surface area contributed by atoms with Gasteiger partial charge in [0.15, 0.2) is 0 Å². The van der Waals surface area contributed by atoms with Gasteiger partial charge in [-0.3, -0.25) is 0 Å². The molecule has 0 aromatic carbocycles. The Labute approximate surface area is 105 Å². The molecule has 2 rings (SSSR count). The molecule has 0 aliphatic heterocycles. The van der Waals surface area contributed by atoms with Gasteiger partial charge in [-0.25, -0.2) is 9.78 Å². The normalized spacial score (nSPS) is 16.6. The Morgan fingerprint density at radius 3 is 2.82 bits per heavy atom.